The highest BCUT2D eigenvalue weighted by Gasteiger charge is 2.32. The van der Waals surface area contributed by atoms with Crippen molar-refractivity contribution in [3.8, 4) is 16.9 Å². The third-order valence-corrected chi connectivity index (χ3v) is 6.94. The van der Waals surface area contributed by atoms with Crippen LogP contribution >= 0.6 is 35.6 Å². The summed E-state index contributed by atoms with van der Waals surface area (Å²) in [6, 6.07) is 17.2. The Morgan fingerprint density at radius 2 is 1.82 bits per heavy atom. The summed E-state index contributed by atoms with van der Waals surface area (Å²) >= 11 is 12.8. The maximum Gasteiger partial charge on any atom is 0.303 e. The fraction of sp³-hybridized carbons (Fsp3) is 0.200. The van der Waals surface area contributed by atoms with Crippen molar-refractivity contribution in [2.75, 3.05) is 6.54 Å². The third-order valence-electron chi connectivity index (χ3n) is 5.31. The zero-order valence-electron chi connectivity index (χ0n) is 18.2. The molecule has 1 aliphatic rings. The number of para-hydroxylation sites is 1. The SMILES string of the molecule is O=C(O)CCCCCN1C(=O)/C(=C\c2cn(-c3ccccc3)nc2-c2ccc(Cl)cc2)SC1=S. The average molecular weight is 512 g/mol. The second-order valence-electron chi connectivity index (χ2n) is 7.76. The minimum absolute atomic E-state index is 0.136. The highest BCUT2D eigenvalue weighted by atomic mass is 35.5. The van der Waals surface area contributed by atoms with Gasteiger partial charge < -0.3 is 5.11 Å². The Morgan fingerprint density at radius 1 is 1.09 bits per heavy atom. The Morgan fingerprint density at radius 3 is 2.53 bits per heavy atom. The molecule has 1 amide bonds. The number of unbranched alkanes of at least 4 members (excludes halogenated alkanes) is 2. The van der Waals surface area contributed by atoms with Crippen LogP contribution in [0.15, 0.2) is 65.7 Å². The van der Waals surface area contributed by atoms with E-state index in [2.05, 4.69) is 0 Å². The van der Waals surface area contributed by atoms with Gasteiger partial charge in [-0.25, -0.2) is 4.68 Å². The number of amides is 1. The molecule has 0 radical (unpaired) electrons. The van der Waals surface area contributed by atoms with E-state index < -0.39 is 5.97 Å². The number of thioether (sulfide) groups is 1. The predicted molar refractivity (Wildman–Crippen MR) is 140 cm³/mol. The van der Waals surface area contributed by atoms with Crippen molar-refractivity contribution in [3.05, 3.63) is 76.3 Å². The van der Waals surface area contributed by atoms with Crippen molar-refractivity contribution in [1.29, 1.82) is 0 Å². The van der Waals surface area contributed by atoms with Crippen LogP contribution in [0.2, 0.25) is 5.02 Å². The average Bonchev–Trinajstić information content (AvgIpc) is 3.36. The van der Waals surface area contributed by atoms with E-state index >= 15 is 0 Å². The Hall–Kier alpha value is -2.94. The fourth-order valence-electron chi connectivity index (χ4n) is 3.59. The molecule has 1 aromatic heterocycles. The summed E-state index contributed by atoms with van der Waals surface area (Å²) in [6.07, 6.45) is 5.89. The van der Waals surface area contributed by atoms with E-state index in [1.165, 1.54) is 11.8 Å². The summed E-state index contributed by atoms with van der Waals surface area (Å²) in [6.45, 7) is 0.481. The van der Waals surface area contributed by atoms with Crippen LogP contribution < -0.4 is 0 Å². The molecule has 6 nitrogen and oxygen atoms in total. The van der Waals surface area contributed by atoms with E-state index in [4.69, 9.17) is 34.0 Å². The lowest BCUT2D eigenvalue weighted by Gasteiger charge is -2.13. The Labute approximate surface area is 212 Å². The standard InChI is InChI=1S/C25H22ClN3O3S2/c26-19-12-10-17(11-13-19)23-18(16-29(27-23)20-7-3-1-4-8-20)15-21-24(32)28(25(33)34-21)14-6-2-5-9-22(30)31/h1,3-4,7-8,10-13,15-16H,2,5-6,9,14H2,(H,30,31)/b21-15+. The van der Waals surface area contributed by atoms with Gasteiger partial charge in [0, 0.05) is 35.3 Å². The molecule has 1 fully saturated rings. The monoisotopic (exact) mass is 511 g/mol. The number of halogens is 1. The molecular weight excluding hydrogens is 490 g/mol. The van der Waals surface area contributed by atoms with Gasteiger partial charge in [0.2, 0.25) is 0 Å². The third kappa shape index (κ3) is 5.75. The summed E-state index contributed by atoms with van der Waals surface area (Å²) in [5.74, 6) is -0.941. The van der Waals surface area contributed by atoms with Gasteiger partial charge in [0.15, 0.2) is 0 Å². The minimum Gasteiger partial charge on any atom is -0.481 e. The molecule has 174 valence electrons. The maximum atomic E-state index is 13.1. The van der Waals surface area contributed by atoms with Crippen LogP contribution in [0.3, 0.4) is 0 Å². The molecule has 2 heterocycles. The van der Waals surface area contributed by atoms with Gasteiger partial charge in [-0.1, -0.05) is 72.3 Å². The quantitative estimate of drug-likeness (QED) is 0.214. The number of rotatable bonds is 9. The number of carbonyl (C=O) groups excluding carboxylic acids is 1. The van der Waals surface area contributed by atoms with Crippen molar-refractivity contribution in [1.82, 2.24) is 14.7 Å². The molecule has 0 saturated carbocycles. The number of hydrogen-bond donors (Lipinski definition) is 1. The fourth-order valence-corrected chi connectivity index (χ4v) is 5.02. The lowest BCUT2D eigenvalue weighted by Crippen LogP contribution is -2.29. The van der Waals surface area contributed by atoms with Gasteiger partial charge in [0.1, 0.15) is 4.32 Å². The van der Waals surface area contributed by atoms with Gasteiger partial charge in [0.25, 0.3) is 5.91 Å². The molecule has 0 spiro atoms. The van der Waals surface area contributed by atoms with Gasteiger partial charge in [-0.3, -0.25) is 14.5 Å². The van der Waals surface area contributed by atoms with Crippen LogP contribution in [-0.2, 0) is 9.59 Å². The predicted octanol–water partition coefficient (Wildman–Crippen LogP) is 6.04. The number of nitrogens with zero attached hydrogens (tertiary/aromatic N) is 3. The van der Waals surface area contributed by atoms with Gasteiger partial charge in [0.05, 0.1) is 16.3 Å². The summed E-state index contributed by atoms with van der Waals surface area (Å²) < 4.78 is 2.30. The summed E-state index contributed by atoms with van der Waals surface area (Å²) in [5.41, 5.74) is 3.33. The highest BCUT2D eigenvalue weighted by Crippen LogP contribution is 2.35. The molecule has 4 rings (SSSR count). The summed E-state index contributed by atoms with van der Waals surface area (Å²) in [4.78, 5) is 25.9. The number of hydrogen-bond acceptors (Lipinski definition) is 5. The zero-order valence-corrected chi connectivity index (χ0v) is 20.6. The van der Waals surface area contributed by atoms with E-state index in [9.17, 15) is 9.59 Å². The van der Waals surface area contributed by atoms with Gasteiger partial charge in [-0.2, -0.15) is 5.10 Å². The van der Waals surface area contributed by atoms with Crippen LogP contribution in [0.1, 0.15) is 31.2 Å². The van der Waals surface area contributed by atoms with Gasteiger partial charge in [-0.15, -0.1) is 0 Å². The highest BCUT2D eigenvalue weighted by molar-refractivity contribution is 8.26. The number of aromatic nitrogens is 2. The molecule has 1 saturated heterocycles. The Bertz CT molecular complexity index is 1240. The van der Waals surface area contributed by atoms with Crippen LogP contribution in [0.4, 0.5) is 0 Å². The Balaban J connectivity index is 1.59. The first kappa shape index (κ1) is 24.2. The van der Waals surface area contributed by atoms with Crippen molar-refractivity contribution in [2.24, 2.45) is 0 Å². The smallest absolute Gasteiger partial charge is 0.303 e. The number of carbonyl (C=O) groups is 2. The summed E-state index contributed by atoms with van der Waals surface area (Å²) in [5, 5.41) is 14.2. The van der Waals surface area contributed by atoms with Gasteiger partial charge >= 0.3 is 5.97 Å². The molecule has 1 aliphatic heterocycles. The Kier molecular flexibility index (Phi) is 7.82. The van der Waals surface area contributed by atoms with Crippen LogP contribution in [0.25, 0.3) is 23.0 Å². The molecule has 34 heavy (non-hydrogen) atoms. The molecule has 0 aliphatic carbocycles. The molecule has 0 unspecified atom stereocenters. The maximum absolute atomic E-state index is 13.1. The largest absolute Gasteiger partial charge is 0.481 e. The number of carboxylic acid groups (broad SMARTS) is 1. The number of aliphatic carboxylic acids is 1. The molecule has 0 atom stereocenters. The first-order chi connectivity index (χ1) is 16.4. The van der Waals surface area contributed by atoms with Crippen molar-refractivity contribution >= 4 is 57.9 Å². The normalized spacial score (nSPS) is 14.9. The number of benzene rings is 2. The van der Waals surface area contributed by atoms with E-state index in [-0.39, 0.29) is 12.3 Å². The summed E-state index contributed by atoms with van der Waals surface area (Å²) in [7, 11) is 0. The van der Waals surface area contributed by atoms with Crippen molar-refractivity contribution < 1.29 is 14.7 Å². The topological polar surface area (TPSA) is 75.4 Å². The zero-order chi connectivity index (χ0) is 24.1. The molecule has 1 N–H and O–H groups in total. The number of carboxylic acids is 1. The van der Waals surface area contributed by atoms with E-state index in [0.29, 0.717) is 33.6 Å². The molecule has 2 aromatic carbocycles. The minimum atomic E-state index is -0.805. The molecule has 0 bridgehead atoms. The van der Waals surface area contributed by atoms with E-state index in [0.717, 1.165) is 28.9 Å². The molecule has 9 heteroatoms. The van der Waals surface area contributed by atoms with Crippen LogP contribution in [-0.4, -0.2) is 42.5 Å². The van der Waals surface area contributed by atoms with Crippen LogP contribution in [0, 0.1) is 0 Å². The second kappa shape index (κ2) is 11.0. The van der Waals surface area contributed by atoms with Crippen molar-refractivity contribution in [3.63, 3.8) is 0 Å². The van der Waals surface area contributed by atoms with Gasteiger partial charge in [-0.05, 0) is 43.2 Å². The first-order valence-electron chi connectivity index (χ1n) is 10.8. The van der Waals surface area contributed by atoms with Crippen LogP contribution in [0.5, 0.6) is 0 Å². The van der Waals surface area contributed by atoms with Crippen molar-refractivity contribution in [2.45, 2.75) is 25.7 Å². The molecule has 3 aromatic rings. The first-order valence-corrected chi connectivity index (χ1v) is 12.4. The lowest BCUT2D eigenvalue weighted by atomic mass is 10.1. The number of thiocarbonyl (C=S) groups is 1. The molecular formula is C25H22ClN3O3S2. The van der Waals surface area contributed by atoms with E-state index in [1.807, 2.05) is 66.9 Å². The van der Waals surface area contributed by atoms with E-state index in [1.54, 1.807) is 9.58 Å². The lowest BCUT2D eigenvalue weighted by molar-refractivity contribution is -0.137. The second-order valence-corrected chi connectivity index (χ2v) is 9.87.